The zero-order chi connectivity index (χ0) is 18.9. The summed E-state index contributed by atoms with van der Waals surface area (Å²) in [7, 11) is 1.53. The number of hydrazone groups is 1. The van der Waals surface area contributed by atoms with Crippen molar-refractivity contribution in [2.45, 2.75) is 6.42 Å². The molecule has 0 aliphatic rings. The third-order valence-electron chi connectivity index (χ3n) is 3.23. The van der Waals surface area contributed by atoms with Crippen LogP contribution in [0.25, 0.3) is 0 Å². The fourth-order valence-electron chi connectivity index (χ4n) is 2.07. The molecule has 0 atom stereocenters. The van der Waals surface area contributed by atoms with Gasteiger partial charge in [0.2, 0.25) is 5.91 Å². The van der Waals surface area contributed by atoms with Crippen LogP contribution in [-0.4, -0.2) is 25.8 Å². The first-order valence-corrected chi connectivity index (χ1v) is 8.61. The highest BCUT2D eigenvalue weighted by Crippen LogP contribution is 2.33. The second-order valence-electron chi connectivity index (χ2n) is 5.12. The molecule has 2 aromatic carbocycles. The number of hydrogen-bond donors (Lipinski definition) is 1. The smallest absolute Gasteiger partial charge is 0.244 e. The minimum atomic E-state index is -0.342. The van der Waals surface area contributed by atoms with E-state index >= 15 is 0 Å². The fraction of sp³-hybridized carbons (Fsp3) is 0.158. The minimum Gasteiger partial charge on any atom is -0.493 e. The molecule has 0 heterocycles. The number of benzene rings is 2. The number of carbonyl (C=O) groups is 1. The number of amides is 1. The van der Waals surface area contributed by atoms with Crippen molar-refractivity contribution in [1.82, 2.24) is 5.43 Å². The molecule has 0 aliphatic carbocycles. The Morgan fingerprint density at radius 3 is 2.77 bits per heavy atom. The van der Waals surface area contributed by atoms with E-state index in [-0.39, 0.29) is 24.8 Å². The minimum absolute atomic E-state index is 0.108. The molecule has 0 aliphatic heterocycles. The lowest BCUT2D eigenvalue weighted by Gasteiger charge is -2.11. The molecule has 0 fully saturated rings. The quantitative estimate of drug-likeness (QED) is 0.295. The van der Waals surface area contributed by atoms with E-state index in [0.717, 1.165) is 9.13 Å². The van der Waals surface area contributed by atoms with Crippen molar-refractivity contribution in [2.75, 3.05) is 13.7 Å². The fourth-order valence-corrected chi connectivity index (χ4v) is 2.86. The maximum absolute atomic E-state index is 12.9. The molecule has 0 saturated carbocycles. The molecule has 1 amide bonds. The zero-order valence-electron chi connectivity index (χ0n) is 14.0. The number of methoxy groups -OCH3 is 1. The number of nitrogens with one attached hydrogen (secondary N) is 1. The van der Waals surface area contributed by atoms with Crippen LogP contribution < -0.4 is 14.9 Å². The number of terminal acetylenes is 1. The first-order valence-electron chi connectivity index (χ1n) is 7.53. The molecule has 134 valence electrons. The predicted molar refractivity (Wildman–Crippen MR) is 106 cm³/mol. The molecular weight excluding hydrogens is 450 g/mol. The normalized spacial score (nSPS) is 10.4. The molecule has 2 rings (SSSR count). The molecule has 0 saturated heterocycles. The van der Waals surface area contributed by atoms with Gasteiger partial charge in [-0.15, -0.1) is 6.42 Å². The number of ether oxygens (including phenoxy) is 2. The van der Waals surface area contributed by atoms with Gasteiger partial charge in [0.05, 0.1) is 23.3 Å². The summed E-state index contributed by atoms with van der Waals surface area (Å²) in [6, 6.07) is 9.28. The largest absolute Gasteiger partial charge is 0.493 e. The van der Waals surface area contributed by atoms with Gasteiger partial charge in [0.1, 0.15) is 12.4 Å². The summed E-state index contributed by atoms with van der Waals surface area (Å²) in [6.45, 7) is 0.138. The summed E-state index contributed by atoms with van der Waals surface area (Å²) in [5.74, 6) is 2.84. The van der Waals surface area contributed by atoms with Gasteiger partial charge in [0, 0.05) is 0 Å². The maximum atomic E-state index is 12.9. The van der Waals surface area contributed by atoms with Gasteiger partial charge >= 0.3 is 0 Å². The summed E-state index contributed by atoms with van der Waals surface area (Å²) in [5, 5.41) is 3.93. The predicted octanol–water partition coefficient (Wildman–Crippen LogP) is 3.14. The first kappa shape index (κ1) is 19.7. The topological polar surface area (TPSA) is 59.9 Å². The highest BCUT2D eigenvalue weighted by molar-refractivity contribution is 14.1. The van der Waals surface area contributed by atoms with E-state index < -0.39 is 0 Å². The van der Waals surface area contributed by atoms with Gasteiger partial charge < -0.3 is 9.47 Å². The third-order valence-corrected chi connectivity index (χ3v) is 4.03. The Labute approximate surface area is 164 Å². The van der Waals surface area contributed by atoms with E-state index in [1.54, 1.807) is 18.2 Å². The van der Waals surface area contributed by atoms with Crippen LogP contribution in [0.4, 0.5) is 4.39 Å². The maximum Gasteiger partial charge on any atom is 0.244 e. The average Bonchev–Trinajstić information content (AvgIpc) is 2.62. The molecule has 2 aromatic rings. The lowest BCUT2D eigenvalue weighted by Crippen LogP contribution is -2.19. The van der Waals surface area contributed by atoms with Crippen molar-refractivity contribution in [3.05, 3.63) is 56.9 Å². The van der Waals surface area contributed by atoms with Crippen LogP contribution in [0.15, 0.2) is 41.5 Å². The van der Waals surface area contributed by atoms with Crippen LogP contribution in [0.5, 0.6) is 11.5 Å². The van der Waals surface area contributed by atoms with Crippen molar-refractivity contribution >= 4 is 34.7 Å². The number of hydrogen-bond acceptors (Lipinski definition) is 4. The van der Waals surface area contributed by atoms with Gasteiger partial charge in [-0.1, -0.05) is 18.1 Å². The van der Waals surface area contributed by atoms with Crippen LogP contribution in [0.3, 0.4) is 0 Å². The summed E-state index contributed by atoms with van der Waals surface area (Å²) >= 11 is 2.10. The number of nitrogens with zero attached hydrogens (tertiary/aromatic N) is 1. The molecule has 7 heteroatoms. The molecule has 0 unspecified atom stereocenters. The van der Waals surface area contributed by atoms with Crippen molar-refractivity contribution in [3.8, 4) is 23.8 Å². The van der Waals surface area contributed by atoms with E-state index in [9.17, 15) is 9.18 Å². The van der Waals surface area contributed by atoms with Crippen LogP contribution in [-0.2, 0) is 11.2 Å². The standard InChI is InChI=1S/C19H16FIN2O3/c1-3-8-26-19-16(21)9-14(10-17(19)25-2)12-22-23-18(24)11-13-4-6-15(20)7-5-13/h1,4-7,9-10,12H,8,11H2,2H3,(H,23,24)/b22-12+. The van der Waals surface area contributed by atoms with Gasteiger partial charge in [0.15, 0.2) is 11.5 Å². The molecule has 0 bridgehead atoms. The summed E-state index contributed by atoms with van der Waals surface area (Å²) in [5.41, 5.74) is 3.86. The van der Waals surface area contributed by atoms with E-state index in [4.69, 9.17) is 15.9 Å². The van der Waals surface area contributed by atoms with Gasteiger partial charge in [-0.05, 0) is 58.0 Å². The van der Waals surface area contributed by atoms with Crippen LogP contribution in [0, 0.1) is 21.7 Å². The number of rotatable bonds is 7. The molecule has 1 N–H and O–H groups in total. The second kappa shape index (κ2) is 9.77. The Morgan fingerprint density at radius 1 is 1.38 bits per heavy atom. The molecule has 26 heavy (non-hydrogen) atoms. The van der Waals surface area contributed by atoms with Crippen molar-refractivity contribution in [2.24, 2.45) is 5.10 Å². The zero-order valence-corrected chi connectivity index (χ0v) is 16.1. The van der Waals surface area contributed by atoms with Crippen molar-refractivity contribution in [1.29, 1.82) is 0 Å². The van der Waals surface area contributed by atoms with Crippen molar-refractivity contribution in [3.63, 3.8) is 0 Å². The molecule has 5 nitrogen and oxygen atoms in total. The van der Waals surface area contributed by atoms with E-state index in [0.29, 0.717) is 17.1 Å². The molecule has 0 radical (unpaired) electrons. The van der Waals surface area contributed by atoms with E-state index in [1.165, 1.54) is 25.5 Å². The van der Waals surface area contributed by atoms with Gasteiger partial charge in [-0.3, -0.25) is 4.79 Å². The lowest BCUT2D eigenvalue weighted by molar-refractivity contribution is -0.120. The van der Waals surface area contributed by atoms with E-state index in [1.807, 2.05) is 6.07 Å². The van der Waals surface area contributed by atoms with Crippen LogP contribution in [0.1, 0.15) is 11.1 Å². The Hall–Kier alpha value is -2.60. The highest BCUT2D eigenvalue weighted by Gasteiger charge is 2.11. The van der Waals surface area contributed by atoms with Crippen LogP contribution in [0.2, 0.25) is 0 Å². The SMILES string of the molecule is C#CCOc1c(I)cc(/C=N/NC(=O)Cc2ccc(F)cc2)cc1OC. The second-order valence-corrected chi connectivity index (χ2v) is 6.29. The summed E-state index contributed by atoms with van der Waals surface area (Å²) in [4.78, 5) is 11.9. The lowest BCUT2D eigenvalue weighted by atomic mass is 10.1. The first-order chi connectivity index (χ1) is 12.5. The van der Waals surface area contributed by atoms with Crippen LogP contribution >= 0.6 is 22.6 Å². The Morgan fingerprint density at radius 2 is 2.12 bits per heavy atom. The van der Waals surface area contributed by atoms with Gasteiger partial charge in [0.25, 0.3) is 0 Å². The molecule has 0 spiro atoms. The highest BCUT2D eigenvalue weighted by atomic mass is 127. The monoisotopic (exact) mass is 466 g/mol. The summed E-state index contributed by atoms with van der Waals surface area (Å²) < 4.78 is 24.4. The number of carbonyl (C=O) groups excluding carboxylic acids is 1. The Kier molecular flexibility index (Phi) is 7.41. The number of halogens is 2. The molecular formula is C19H16FIN2O3. The van der Waals surface area contributed by atoms with Crippen molar-refractivity contribution < 1.29 is 18.7 Å². The van der Waals surface area contributed by atoms with E-state index in [2.05, 4.69) is 39.0 Å². The van der Waals surface area contributed by atoms with Gasteiger partial charge in [-0.25, -0.2) is 9.82 Å². The Bertz CT molecular complexity index is 845. The summed E-state index contributed by atoms with van der Waals surface area (Å²) in [6.07, 6.45) is 6.81. The average molecular weight is 466 g/mol. The molecule has 0 aromatic heterocycles. The van der Waals surface area contributed by atoms with Gasteiger partial charge in [-0.2, -0.15) is 5.10 Å². The Balaban J connectivity index is 2.01. The third kappa shape index (κ3) is 5.74.